The number of amides is 1. The first kappa shape index (κ1) is 16.7. The Morgan fingerprint density at radius 3 is 2.91 bits per heavy atom. The van der Waals surface area contributed by atoms with Crippen LogP contribution in [0, 0.1) is 0 Å². The Labute approximate surface area is 135 Å². The van der Waals surface area contributed by atoms with Gasteiger partial charge >= 0.3 is 6.09 Å². The third-order valence-electron chi connectivity index (χ3n) is 3.15. The first-order valence-electron chi connectivity index (χ1n) is 7.41. The zero-order valence-corrected chi connectivity index (χ0v) is 13.6. The molecule has 7 heteroatoms. The van der Waals surface area contributed by atoms with Crippen LogP contribution in [0.25, 0.3) is 11.1 Å². The molecule has 2 aromatic rings. The van der Waals surface area contributed by atoms with Gasteiger partial charge in [-0.15, -0.1) is 0 Å². The molecule has 0 aliphatic rings. The van der Waals surface area contributed by atoms with Gasteiger partial charge in [0, 0.05) is 23.9 Å². The number of carbonyl (C=O) groups excluding carboxylic acids is 1. The smallest absolute Gasteiger partial charge is 0.407 e. The second-order valence-corrected chi connectivity index (χ2v) is 5.30. The van der Waals surface area contributed by atoms with E-state index in [1.54, 1.807) is 37.9 Å². The van der Waals surface area contributed by atoms with E-state index in [4.69, 9.17) is 15.2 Å². The van der Waals surface area contributed by atoms with E-state index in [9.17, 15) is 4.79 Å². The zero-order valence-electron chi connectivity index (χ0n) is 13.6. The van der Waals surface area contributed by atoms with Crippen LogP contribution >= 0.6 is 0 Å². The molecule has 1 heterocycles. The summed E-state index contributed by atoms with van der Waals surface area (Å²) in [6.07, 6.45) is 3.06. The summed E-state index contributed by atoms with van der Waals surface area (Å²) in [6.45, 7) is 4.58. The maximum Gasteiger partial charge on any atom is 0.407 e. The summed E-state index contributed by atoms with van der Waals surface area (Å²) in [5, 5.41) is 6.96. The van der Waals surface area contributed by atoms with Crippen molar-refractivity contribution in [2.75, 3.05) is 19.4 Å². The number of hydrogen-bond acceptors (Lipinski definition) is 5. The molecule has 0 radical (unpaired) electrons. The number of methoxy groups -OCH3 is 1. The highest BCUT2D eigenvalue weighted by Gasteiger charge is 2.11. The third kappa shape index (κ3) is 4.38. The second kappa shape index (κ2) is 7.53. The van der Waals surface area contributed by atoms with Gasteiger partial charge in [-0.25, -0.2) is 4.79 Å². The first-order valence-corrected chi connectivity index (χ1v) is 7.41. The Hall–Kier alpha value is -2.70. The summed E-state index contributed by atoms with van der Waals surface area (Å²) in [5.74, 6) is 0.630. The van der Waals surface area contributed by atoms with Crippen molar-refractivity contribution >= 4 is 11.8 Å². The van der Waals surface area contributed by atoms with Crippen molar-refractivity contribution in [2.24, 2.45) is 0 Å². The number of nitrogens with zero attached hydrogens (tertiary/aromatic N) is 2. The Morgan fingerprint density at radius 1 is 1.43 bits per heavy atom. The molecule has 0 saturated heterocycles. The fourth-order valence-corrected chi connectivity index (χ4v) is 2.16. The summed E-state index contributed by atoms with van der Waals surface area (Å²) in [4.78, 5) is 11.4. The van der Waals surface area contributed by atoms with Crippen LogP contribution < -0.4 is 15.8 Å². The highest BCUT2D eigenvalue weighted by Crippen LogP contribution is 2.34. The molecule has 0 bridgehead atoms. The van der Waals surface area contributed by atoms with Gasteiger partial charge in [0.25, 0.3) is 0 Å². The van der Waals surface area contributed by atoms with Gasteiger partial charge in [0.15, 0.2) is 0 Å². The van der Waals surface area contributed by atoms with Crippen LogP contribution in [0.3, 0.4) is 0 Å². The Morgan fingerprint density at radius 2 is 2.22 bits per heavy atom. The normalized spacial score (nSPS) is 10.6. The molecular formula is C16H22N4O3. The van der Waals surface area contributed by atoms with E-state index in [0.717, 1.165) is 11.1 Å². The highest BCUT2D eigenvalue weighted by atomic mass is 16.6. The van der Waals surface area contributed by atoms with Gasteiger partial charge < -0.3 is 20.5 Å². The molecule has 0 saturated carbocycles. The lowest BCUT2D eigenvalue weighted by Crippen LogP contribution is -2.29. The van der Waals surface area contributed by atoms with Crippen molar-refractivity contribution in [1.29, 1.82) is 0 Å². The summed E-state index contributed by atoms with van der Waals surface area (Å²) < 4.78 is 12.1. The van der Waals surface area contributed by atoms with Crippen molar-refractivity contribution in [3.05, 3.63) is 30.6 Å². The average molecular weight is 318 g/mol. The van der Waals surface area contributed by atoms with E-state index in [-0.39, 0.29) is 6.10 Å². The molecule has 1 aromatic heterocycles. The second-order valence-electron chi connectivity index (χ2n) is 5.30. The summed E-state index contributed by atoms with van der Waals surface area (Å²) in [7, 11) is 1.59. The molecule has 0 atom stereocenters. The minimum Gasteiger partial charge on any atom is -0.494 e. The van der Waals surface area contributed by atoms with Crippen molar-refractivity contribution in [3.8, 4) is 16.9 Å². The summed E-state index contributed by atoms with van der Waals surface area (Å²) >= 11 is 0. The predicted octanol–water partition coefficient (Wildman–Crippen LogP) is 2.28. The molecule has 23 heavy (non-hydrogen) atoms. The van der Waals surface area contributed by atoms with Gasteiger partial charge in [-0.05, 0) is 19.9 Å². The molecule has 0 unspecified atom stereocenters. The SMILES string of the molecule is COc1c(N)cccc1-c1cnn(CCNC(=O)OC(C)C)c1. The number of anilines is 1. The van der Waals surface area contributed by atoms with Crippen LogP contribution in [0.4, 0.5) is 10.5 Å². The number of nitrogen functional groups attached to an aromatic ring is 1. The molecule has 0 spiro atoms. The topological polar surface area (TPSA) is 91.4 Å². The van der Waals surface area contributed by atoms with E-state index in [1.165, 1.54) is 0 Å². The predicted molar refractivity (Wildman–Crippen MR) is 88.2 cm³/mol. The van der Waals surface area contributed by atoms with Crippen LogP contribution in [-0.4, -0.2) is 35.6 Å². The highest BCUT2D eigenvalue weighted by molar-refractivity contribution is 5.76. The van der Waals surface area contributed by atoms with Gasteiger partial charge in [0.05, 0.1) is 31.6 Å². The molecule has 1 amide bonds. The lowest BCUT2D eigenvalue weighted by Gasteiger charge is -2.10. The van der Waals surface area contributed by atoms with Crippen molar-refractivity contribution in [3.63, 3.8) is 0 Å². The fourth-order valence-electron chi connectivity index (χ4n) is 2.16. The van der Waals surface area contributed by atoms with E-state index in [2.05, 4.69) is 10.4 Å². The quantitative estimate of drug-likeness (QED) is 0.797. The Bertz CT molecular complexity index is 667. The number of aromatic nitrogens is 2. The van der Waals surface area contributed by atoms with E-state index in [1.807, 2.05) is 18.3 Å². The number of alkyl carbamates (subject to hydrolysis) is 1. The molecule has 3 N–H and O–H groups in total. The maximum atomic E-state index is 11.4. The van der Waals surface area contributed by atoms with E-state index in [0.29, 0.717) is 24.5 Å². The largest absolute Gasteiger partial charge is 0.494 e. The Kier molecular flexibility index (Phi) is 5.46. The molecular weight excluding hydrogens is 296 g/mol. The zero-order chi connectivity index (χ0) is 16.8. The van der Waals surface area contributed by atoms with Gasteiger partial charge in [-0.3, -0.25) is 4.68 Å². The molecule has 7 nitrogen and oxygen atoms in total. The number of rotatable bonds is 6. The maximum absolute atomic E-state index is 11.4. The van der Waals surface area contributed by atoms with Crippen LogP contribution in [0.1, 0.15) is 13.8 Å². The number of ether oxygens (including phenoxy) is 2. The third-order valence-corrected chi connectivity index (χ3v) is 3.15. The minimum absolute atomic E-state index is 0.137. The molecule has 0 fully saturated rings. The molecule has 2 rings (SSSR count). The van der Waals surface area contributed by atoms with Gasteiger partial charge in [0.2, 0.25) is 0 Å². The van der Waals surface area contributed by atoms with Crippen LogP contribution in [0.15, 0.2) is 30.6 Å². The van der Waals surface area contributed by atoms with Crippen molar-refractivity contribution < 1.29 is 14.3 Å². The van der Waals surface area contributed by atoms with Gasteiger partial charge in [-0.1, -0.05) is 12.1 Å². The van der Waals surface area contributed by atoms with E-state index >= 15 is 0 Å². The number of carbonyl (C=O) groups is 1. The monoisotopic (exact) mass is 318 g/mol. The number of nitrogens with one attached hydrogen (secondary N) is 1. The van der Waals surface area contributed by atoms with Crippen LogP contribution in [0.5, 0.6) is 5.75 Å². The van der Waals surface area contributed by atoms with Crippen molar-refractivity contribution in [2.45, 2.75) is 26.5 Å². The Balaban J connectivity index is 1.99. The lowest BCUT2D eigenvalue weighted by atomic mass is 10.1. The average Bonchev–Trinajstić information content (AvgIpc) is 2.95. The number of benzene rings is 1. The molecule has 0 aliphatic carbocycles. The first-order chi connectivity index (χ1) is 11.0. The van der Waals surface area contributed by atoms with Gasteiger partial charge in [-0.2, -0.15) is 5.10 Å². The van der Waals surface area contributed by atoms with Crippen LogP contribution in [0.2, 0.25) is 0 Å². The standard InChI is InChI=1S/C16H22N4O3/c1-11(2)23-16(21)18-7-8-20-10-12(9-19-20)13-5-4-6-14(17)15(13)22-3/h4-6,9-11H,7-8,17H2,1-3H3,(H,18,21). The number of para-hydroxylation sites is 1. The summed E-state index contributed by atoms with van der Waals surface area (Å²) in [5.41, 5.74) is 8.28. The van der Waals surface area contributed by atoms with Gasteiger partial charge in [0.1, 0.15) is 5.75 Å². The number of hydrogen-bond donors (Lipinski definition) is 2. The summed E-state index contributed by atoms with van der Waals surface area (Å²) in [6, 6.07) is 5.58. The van der Waals surface area contributed by atoms with E-state index < -0.39 is 6.09 Å². The fraction of sp³-hybridized carbons (Fsp3) is 0.375. The lowest BCUT2D eigenvalue weighted by molar-refractivity contribution is 0.115. The van der Waals surface area contributed by atoms with Crippen molar-refractivity contribution in [1.82, 2.24) is 15.1 Å². The molecule has 1 aromatic carbocycles. The van der Waals surface area contributed by atoms with Crippen LogP contribution in [-0.2, 0) is 11.3 Å². The number of nitrogens with two attached hydrogens (primary N) is 1. The molecule has 124 valence electrons. The molecule has 0 aliphatic heterocycles. The minimum atomic E-state index is -0.426.